The van der Waals surface area contributed by atoms with Gasteiger partial charge in [0.1, 0.15) is 11.2 Å². The van der Waals surface area contributed by atoms with E-state index in [-0.39, 0.29) is 0 Å². The van der Waals surface area contributed by atoms with Gasteiger partial charge in [0.2, 0.25) is 5.95 Å². The molecule has 0 N–H and O–H groups in total. The number of thiophene rings is 1. The van der Waals surface area contributed by atoms with Gasteiger partial charge in [-0.25, -0.2) is 4.98 Å². The zero-order chi connectivity index (χ0) is 41.9. The number of rotatable bonds is 5. The quantitative estimate of drug-likeness (QED) is 0.173. The molecule has 0 aliphatic heterocycles. The van der Waals surface area contributed by atoms with E-state index in [0.29, 0.717) is 17.6 Å². The number of furan rings is 1. The predicted octanol–water partition coefficient (Wildman–Crippen LogP) is 15.3. The van der Waals surface area contributed by atoms with Crippen molar-refractivity contribution in [3.63, 3.8) is 0 Å². The van der Waals surface area contributed by atoms with Crippen molar-refractivity contribution < 1.29 is 4.42 Å². The molecule has 0 aliphatic carbocycles. The summed E-state index contributed by atoms with van der Waals surface area (Å²) in [6.07, 6.45) is 0. The van der Waals surface area contributed by atoms with E-state index in [2.05, 4.69) is 185 Å². The summed E-state index contributed by atoms with van der Waals surface area (Å²) in [6.45, 7) is 0. The Morgan fingerprint density at radius 1 is 0.375 bits per heavy atom. The van der Waals surface area contributed by atoms with Gasteiger partial charge < -0.3 is 8.98 Å². The molecule has 0 fully saturated rings. The van der Waals surface area contributed by atoms with Crippen LogP contribution in [0.2, 0.25) is 0 Å². The van der Waals surface area contributed by atoms with Crippen LogP contribution in [0, 0.1) is 0 Å². The minimum absolute atomic E-state index is 0.563. The average Bonchev–Trinajstić information content (AvgIpc) is 4.11. The number of nitrogens with zero attached hydrogens (tertiary/aromatic N) is 5. The Morgan fingerprint density at radius 2 is 0.984 bits per heavy atom. The van der Waals surface area contributed by atoms with Crippen LogP contribution < -0.4 is 0 Å². The third-order valence-electron chi connectivity index (χ3n) is 12.8. The van der Waals surface area contributed by atoms with Crippen molar-refractivity contribution >= 4 is 97.1 Å². The van der Waals surface area contributed by atoms with Crippen LogP contribution in [0.3, 0.4) is 0 Å². The van der Waals surface area contributed by atoms with Gasteiger partial charge in [-0.05, 0) is 60.2 Å². The minimum atomic E-state index is 0.563. The fraction of sp³-hybridized carbons (Fsp3) is 0. The van der Waals surface area contributed by atoms with Gasteiger partial charge in [0.15, 0.2) is 11.6 Å². The third kappa shape index (κ3) is 5.16. The van der Waals surface area contributed by atoms with Gasteiger partial charge in [-0.3, -0.25) is 4.57 Å². The van der Waals surface area contributed by atoms with Gasteiger partial charge in [-0.2, -0.15) is 9.97 Å². The van der Waals surface area contributed by atoms with Crippen molar-refractivity contribution in [2.45, 2.75) is 0 Å². The number of fused-ring (bicyclic) bond motifs is 12. The van der Waals surface area contributed by atoms with Gasteiger partial charge in [0.05, 0.1) is 22.1 Å². The highest BCUT2D eigenvalue weighted by molar-refractivity contribution is 7.26. The molecule has 7 heteroatoms. The molecule has 0 radical (unpaired) electrons. The van der Waals surface area contributed by atoms with E-state index in [9.17, 15) is 0 Å². The van der Waals surface area contributed by atoms with Crippen molar-refractivity contribution in [2.75, 3.05) is 0 Å². The Labute approximate surface area is 369 Å². The van der Waals surface area contributed by atoms with Crippen LogP contribution in [0.25, 0.3) is 131 Å². The number of para-hydroxylation sites is 3. The van der Waals surface area contributed by atoms with Gasteiger partial charge in [-0.1, -0.05) is 146 Å². The molecule has 9 aromatic carbocycles. The van der Waals surface area contributed by atoms with E-state index in [1.807, 2.05) is 24.3 Å². The molecule has 6 nitrogen and oxygen atoms in total. The predicted molar refractivity (Wildman–Crippen MR) is 265 cm³/mol. The van der Waals surface area contributed by atoms with Gasteiger partial charge in [0.25, 0.3) is 0 Å². The van der Waals surface area contributed by atoms with Gasteiger partial charge in [-0.15, -0.1) is 11.3 Å². The lowest BCUT2D eigenvalue weighted by Crippen LogP contribution is -2.06. The van der Waals surface area contributed by atoms with Gasteiger partial charge >= 0.3 is 0 Å². The van der Waals surface area contributed by atoms with Crippen molar-refractivity contribution in [3.8, 4) is 45.5 Å². The molecule has 0 amide bonds. The fourth-order valence-electron chi connectivity index (χ4n) is 9.92. The molecule has 0 spiro atoms. The first-order valence-electron chi connectivity index (χ1n) is 21.4. The van der Waals surface area contributed by atoms with Crippen molar-refractivity contribution in [1.82, 2.24) is 24.1 Å². The summed E-state index contributed by atoms with van der Waals surface area (Å²) in [5.74, 6) is 1.82. The molecule has 5 aromatic heterocycles. The summed E-state index contributed by atoms with van der Waals surface area (Å²) in [7, 11) is 0. The van der Waals surface area contributed by atoms with Crippen LogP contribution in [-0.2, 0) is 0 Å². The summed E-state index contributed by atoms with van der Waals surface area (Å²) in [6, 6.07) is 70.8. The molecule has 14 rings (SSSR count). The average molecular weight is 836 g/mol. The molecule has 0 bridgehead atoms. The normalized spacial score (nSPS) is 12.1. The maximum atomic E-state index is 6.63. The Bertz CT molecular complexity index is 4200. The lowest BCUT2D eigenvalue weighted by molar-refractivity contribution is 0.670. The summed E-state index contributed by atoms with van der Waals surface area (Å²) in [4.78, 5) is 16.0. The molecule has 0 aliphatic rings. The first kappa shape index (κ1) is 35.2. The monoisotopic (exact) mass is 835 g/mol. The Kier molecular flexibility index (Phi) is 7.46. The molecule has 0 saturated heterocycles. The van der Waals surface area contributed by atoms with Crippen molar-refractivity contribution in [2.24, 2.45) is 0 Å². The lowest BCUT2D eigenvalue weighted by Gasteiger charge is -2.13. The molecule has 0 saturated carbocycles. The first-order chi connectivity index (χ1) is 31.7. The van der Waals surface area contributed by atoms with Crippen LogP contribution in [0.5, 0.6) is 0 Å². The molecule has 64 heavy (non-hydrogen) atoms. The van der Waals surface area contributed by atoms with Crippen LogP contribution in [0.15, 0.2) is 205 Å². The second kappa shape index (κ2) is 13.6. The zero-order valence-electron chi connectivity index (χ0n) is 34.1. The Balaban J connectivity index is 1.08. The maximum Gasteiger partial charge on any atom is 0.238 e. The summed E-state index contributed by atoms with van der Waals surface area (Å²) in [5.41, 5.74) is 11.1. The van der Waals surface area contributed by atoms with E-state index in [1.165, 1.54) is 26.2 Å². The van der Waals surface area contributed by atoms with E-state index in [1.54, 1.807) is 11.3 Å². The molecule has 0 unspecified atom stereocenters. The third-order valence-corrected chi connectivity index (χ3v) is 14.0. The van der Waals surface area contributed by atoms with Crippen LogP contribution in [-0.4, -0.2) is 24.1 Å². The lowest BCUT2D eigenvalue weighted by atomic mass is 10.0. The molecular weight excluding hydrogens is 803 g/mol. The van der Waals surface area contributed by atoms with E-state index in [4.69, 9.17) is 19.4 Å². The highest BCUT2D eigenvalue weighted by atomic mass is 32.1. The zero-order valence-corrected chi connectivity index (χ0v) is 34.9. The Morgan fingerprint density at radius 3 is 1.77 bits per heavy atom. The SMILES string of the molecule is c1ccc(-c2nc(-c3cccc4c3sc3ccccc34)nc(-n3c4ccccc4c4cc5c6ccccc6n(-c6cc(-c7ccccc7)c7oc8ccccc8c7c6)c5cc43)n2)cc1. The number of hydrogen-bond acceptors (Lipinski definition) is 5. The number of hydrogen-bond donors (Lipinski definition) is 0. The first-order valence-corrected chi connectivity index (χ1v) is 22.3. The molecule has 5 heterocycles. The highest BCUT2D eigenvalue weighted by Crippen LogP contribution is 2.44. The largest absolute Gasteiger partial charge is 0.455 e. The number of benzene rings is 9. The van der Waals surface area contributed by atoms with E-state index < -0.39 is 0 Å². The Hall–Kier alpha value is -8.39. The summed E-state index contributed by atoms with van der Waals surface area (Å²) in [5, 5.41) is 9.21. The molecule has 298 valence electrons. The van der Waals surface area contributed by atoms with Crippen molar-refractivity contribution in [3.05, 3.63) is 200 Å². The minimum Gasteiger partial charge on any atom is -0.455 e. The second-order valence-electron chi connectivity index (χ2n) is 16.4. The van der Waals surface area contributed by atoms with E-state index >= 15 is 0 Å². The standard InChI is InChI=1S/C57H33N5OS/c1-3-16-34(17-4-1)43-30-36(31-46-39-22-9-13-28-51(39)63-53(43)46)61-47-26-11-7-20-37(47)44-32-45-38-21-8-12-27-48(38)62(50(45)33-49(44)61)57-59-55(35-18-5-2-6-19-35)58-56(60-57)42-25-15-24-41-40-23-10-14-29-52(40)64-54(41)42/h1-33H. The second-order valence-corrected chi connectivity index (χ2v) is 17.4. The van der Waals surface area contributed by atoms with Crippen molar-refractivity contribution in [1.29, 1.82) is 0 Å². The fourth-order valence-corrected chi connectivity index (χ4v) is 11.1. The molecular formula is C57H33N5OS. The summed E-state index contributed by atoms with van der Waals surface area (Å²) < 4.78 is 13.7. The van der Waals surface area contributed by atoms with Gasteiger partial charge in [0, 0.05) is 74.9 Å². The molecule has 0 atom stereocenters. The molecule has 14 aromatic rings. The maximum absolute atomic E-state index is 6.63. The smallest absolute Gasteiger partial charge is 0.238 e. The number of aromatic nitrogens is 5. The topological polar surface area (TPSA) is 61.7 Å². The van der Waals surface area contributed by atoms with Crippen LogP contribution in [0.4, 0.5) is 0 Å². The highest BCUT2D eigenvalue weighted by Gasteiger charge is 2.23. The van der Waals surface area contributed by atoms with Crippen LogP contribution >= 0.6 is 11.3 Å². The van der Waals surface area contributed by atoms with Crippen LogP contribution in [0.1, 0.15) is 0 Å². The van der Waals surface area contributed by atoms with E-state index in [0.717, 1.165) is 87.4 Å². The summed E-state index contributed by atoms with van der Waals surface area (Å²) >= 11 is 1.78.